The van der Waals surface area contributed by atoms with Gasteiger partial charge in [-0.05, 0) is 62.1 Å². The lowest BCUT2D eigenvalue weighted by atomic mass is 9.85. The van der Waals surface area contributed by atoms with Gasteiger partial charge >= 0.3 is 0 Å². The zero-order chi connectivity index (χ0) is 18.1. The maximum absolute atomic E-state index is 13.2. The number of nitrogens with one attached hydrogen (secondary N) is 1. The molecule has 3 aromatic rings. The van der Waals surface area contributed by atoms with E-state index in [9.17, 15) is 4.79 Å². The van der Waals surface area contributed by atoms with E-state index < -0.39 is 0 Å². The summed E-state index contributed by atoms with van der Waals surface area (Å²) >= 11 is 0. The van der Waals surface area contributed by atoms with E-state index in [0.29, 0.717) is 6.54 Å². The van der Waals surface area contributed by atoms with Crippen molar-refractivity contribution in [3.63, 3.8) is 0 Å². The number of benzene rings is 2. The largest absolute Gasteiger partial charge is 0.497 e. The van der Waals surface area contributed by atoms with E-state index in [1.54, 1.807) is 7.11 Å². The number of para-hydroxylation sites is 1. The minimum atomic E-state index is 0.0212. The molecule has 1 atom stereocenters. The van der Waals surface area contributed by atoms with Crippen molar-refractivity contribution >= 4 is 22.5 Å². The standard InChI is InChI=1S/C22H24N2O2/c1-3-24(16-7-5-4-6-8-16)22(25)15-9-11-20-18(13-15)19-14-17(26-2)10-12-21(19)23-20/h4-8,10,12,14-15,23H,3,9,11,13H2,1-2H3. The lowest BCUT2D eigenvalue weighted by Gasteiger charge is -2.29. The second-order valence-corrected chi connectivity index (χ2v) is 6.85. The Morgan fingerprint density at radius 2 is 2.04 bits per heavy atom. The molecule has 0 bridgehead atoms. The Bertz CT molecular complexity index is 930. The number of carbonyl (C=O) groups is 1. The van der Waals surface area contributed by atoms with E-state index in [-0.39, 0.29) is 11.8 Å². The molecule has 1 aliphatic rings. The summed E-state index contributed by atoms with van der Waals surface area (Å²) in [6.45, 7) is 2.73. The lowest BCUT2D eigenvalue weighted by molar-refractivity contribution is -0.122. The highest BCUT2D eigenvalue weighted by atomic mass is 16.5. The van der Waals surface area contributed by atoms with Crippen LogP contribution in [0.15, 0.2) is 48.5 Å². The Kier molecular flexibility index (Phi) is 4.41. The second-order valence-electron chi connectivity index (χ2n) is 6.85. The van der Waals surface area contributed by atoms with Crippen LogP contribution in [0, 0.1) is 5.92 Å². The number of aromatic amines is 1. The number of aryl methyl sites for hydroxylation is 1. The molecule has 26 heavy (non-hydrogen) atoms. The molecule has 1 aliphatic carbocycles. The SMILES string of the molecule is CCN(C(=O)C1CCc2[nH]c3ccc(OC)cc3c2C1)c1ccccc1. The molecular weight excluding hydrogens is 324 g/mol. The van der Waals surface area contributed by atoms with Gasteiger partial charge in [0.05, 0.1) is 7.11 Å². The maximum atomic E-state index is 13.2. The zero-order valence-corrected chi connectivity index (χ0v) is 15.3. The fraction of sp³-hybridized carbons (Fsp3) is 0.318. The molecule has 4 heteroatoms. The number of rotatable bonds is 4. The van der Waals surface area contributed by atoms with Crippen LogP contribution in [-0.2, 0) is 17.6 Å². The first-order valence-corrected chi connectivity index (χ1v) is 9.25. The Balaban J connectivity index is 1.64. The maximum Gasteiger partial charge on any atom is 0.230 e. The molecule has 134 valence electrons. The lowest BCUT2D eigenvalue weighted by Crippen LogP contribution is -2.38. The molecule has 1 heterocycles. The summed E-state index contributed by atoms with van der Waals surface area (Å²) in [7, 11) is 1.69. The van der Waals surface area contributed by atoms with E-state index in [1.165, 1.54) is 16.6 Å². The highest BCUT2D eigenvalue weighted by molar-refractivity contribution is 5.96. The quantitative estimate of drug-likeness (QED) is 0.762. The van der Waals surface area contributed by atoms with Gasteiger partial charge in [0.2, 0.25) is 5.91 Å². The predicted octanol–water partition coefficient (Wildman–Crippen LogP) is 4.33. The van der Waals surface area contributed by atoms with Crippen LogP contribution in [0.4, 0.5) is 5.69 Å². The average Bonchev–Trinajstić information content (AvgIpc) is 3.06. The molecule has 1 amide bonds. The molecule has 1 unspecified atom stereocenters. The third-order valence-corrected chi connectivity index (χ3v) is 5.39. The molecule has 0 spiro atoms. The van der Waals surface area contributed by atoms with Gasteiger partial charge in [-0.3, -0.25) is 4.79 Å². The number of hydrogen-bond donors (Lipinski definition) is 1. The number of anilines is 1. The Hall–Kier alpha value is -2.75. The van der Waals surface area contributed by atoms with Crippen molar-refractivity contribution in [2.24, 2.45) is 5.92 Å². The van der Waals surface area contributed by atoms with E-state index in [0.717, 1.165) is 36.2 Å². The van der Waals surface area contributed by atoms with Crippen LogP contribution in [0.3, 0.4) is 0 Å². The highest BCUT2D eigenvalue weighted by Crippen LogP contribution is 2.34. The molecule has 0 aliphatic heterocycles. The number of aromatic nitrogens is 1. The van der Waals surface area contributed by atoms with Gasteiger partial charge < -0.3 is 14.6 Å². The van der Waals surface area contributed by atoms with Crippen molar-refractivity contribution in [2.45, 2.75) is 26.2 Å². The van der Waals surface area contributed by atoms with Gasteiger partial charge in [0, 0.05) is 34.7 Å². The van der Waals surface area contributed by atoms with Crippen molar-refractivity contribution in [2.75, 3.05) is 18.6 Å². The molecule has 4 rings (SSSR count). The van der Waals surface area contributed by atoms with Crippen LogP contribution in [0.1, 0.15) is 24.6 Å². The molecule has 2 aromatic carbocycles. The molecule has 1 aromatic heterocycles. The van der Waals surface area contributed by atoms with Crippen LogP contribution < -0.4 is 9.64 Å². The third kappa shape index (κ3) is 2.85. The molecule has 0 fully saturated rings. The summed E-state index contributed by atoms with van der Waals surface area (Å²) in [5.41, 5.74) is 4.64. The van der Waals surface area contributed by atoms with Crippen molar-refractivity contribution in [1.82, 2.24) is 4.98 Å². The van der Waals surface area contributed by atoms with Gasteiger partial charge in [-0.25, -0.2) is 0 Å². The van der Waals surface area contributed by atoms with Crippen molar-refractivity contribution in [3.05, 3.63) is 59.8 Å². The summed E-state index contributed by atoms with van der Waals surface area (Å²) in [6, 6.07) is 16.1. The second kappa shape index (κ2) is 6.87. The van der Waals surface area contributed by atoms with E-state index in [1.807, 2.05) is 48.2 Å². The molecule has 0 saturated heterocycles. The van der Waals surface area contributed by atoms with Gasteiger partial charge in [-0.15, -0.1) is 0 Å². The number of fused-ring (bicyclic) bond motifs is 3. The molecule has 1 N–H and O–H groups in total. The fourth-order valence-electron chi connectivity index (χ4n) is 4.03. The molecule has 0 radical (unpaired) electrons. The zero-order valence-electron chi connectivity index (χ0n) is 15.3. The molecule has 4 nitrogen and oxygen atoms in total. The highest BCUT2D eigenvalue weighted by Gasteiger charge is 2.30. The number of hydrogen-bond acceptors (Lipinski definition) is 2. The van der Waals surface area contributed by atoms with Gasteiger partial charge in [-0.1, -0.05) is 18.2 Å². The summed E-state index contributed by atoms with van der Waals surface area (Å²) in [4.78, 5) is 18.6. The summed E-state index contributed by atoms with van der Waals surface area (Å²) in [5, 5.41) is 1.18. The first-order chi connectivity index (χ1) is 12.7. The van der Waals surface area contributed by atoms with Crippen molar-refractivity contribution < 1.29 is 9.53 Å². The van der Waals surface area contributed by atoms with Crippen LogP contribution >= 0.6 is 0 Å². The third-order valence-electron chi connectivity index (χ3n) is 5.39. The van der Waals surface area contributed by atoms with E-state index in [2.05, 4.69) is 17.1 Å². The molecular formula is C22H24N2O2. The van der Waals surface area contributed by atoms with Crippen LogP contribution in [0.5, 0.6) is 5.75 Å². The van der Waals surface area contributed by atoms with Gasteiger partial charge in [0.15, 0.2) is 0 Å². The number of amides is 1. The average molecular weight is 348 g/mol. The van der Waals surface area contributed by atoms with E-state index >= 15 is 0 Å². The minimum absolute atomic E-state index is 0.0212. The topological polar surface area (TPSA) is 45.3 Å². The first-order valence-electron chi connectivity index (χ1n) is 9.25. The normalized spacial score (nSPS) is 16.3. The minimum Gasteiger partial charge on any atom is -0.497 e. The van der Waals surface area contributed by atoms with E-state index in [4.69, 9.17) is 4.74 Å². The number of ether oxygens (including phenoxy) is 1. The van der Waals surface area contributed by atoms with Crippen molar-refractivity contribution in [1.29, 1.82) is 0 Å². The molecule has 0 saturated carbocycles. The Labute approximate surface area is 153 Å². The van der Waals surface area contributed by atoms with Crippen molar-refractivity contribution in [3.8, 4) is 5.75 Å². The summed E-state index contributed by atoms with van der Waals surface area (Å²) in [6.07, 6.45) is 2.58. The number of nitrogens with zero attached hydrogens (tertiary/aromatic N) is 1. The van der Waals surface area contributed by atoms with Crippen LogP contribution in [0.2, 0.25) is 0 Å². The Morgan fingerprint density at radius 3 is 2.77 bits per heavy atom. The first kappa shape index (κ1) is 16.7. The predicted molar refractivity (Wildman–Crippen MR) is 105 cm³/mol. The number of methoxy groups -OCH3 is 1. The van der Waals surface area contributed by atoms with Crippen LogP contribution in [-0.4, -0.2) is 24.5 Å². The summed E-state index contributed by atoms with van der Waals surface area (Å²) < 4.78 is 5.38. The van der Waals surface area contributed by atoms with Gasteiger partial charge in [0.25, 0.3) is 0 Å². The smallest absolute Gasteiger partial charge is 0.230 e. The summed E-state index contributed by atoms with van der Waals surface area (Å²) in [5.74, 6) is 1.10. The van der Waals surface area contributed by atoms with Crippen LogP contribution in [0.25, 0.3) is 10.9 Å². The Morgan fingerprint density at radius 1 is 1.23 bits per heavy atom. The number of H-pyrrole nitrogens is 1. The van der Waals surface area contributed by atoms with Gasteiger partial charge in [0.1, 0.15) is 5.75 Å². The number of carbonyl (C=O) groups excluding carboxylic acids is 1. The fourth-order valence-corrected chi connectivity index (χ4v) is 4.03. The van der Waals surface area contributed by atoms with Gasteiger partial charge in [-0.2, -0.15) is 0 Å². The monoisotopic (exact) mass is 348 g/mol.